The highest BCUT2D eigenvalue weighted by Crippen LogP contribution is 2.22. The summed E-state index contributed by atoms with van der Waals surface area (Å²) in [5.41, 5.74) is 4.71. The van der Waals surface area contributed by atoms with Crippen LogP contribution in [-0.2, 0) is 14.8 Å². The number of nitrogens with one attached hydrogen (secondary N) is 1. The molecule has 0 aliphatic carbocycles. The number of amides is 1. The monoisotopic (exact) mass is 402 g/mol. The van der Waals surface area contributed by atoms with Crippen LogP contribution in [0, 0.1) is 20.8 Å². The highest BCUT2D eigenvalue weighted by Gasteiger charge is 2.20. The average Bonchev–Trinajstić information content (AvgIpc) is 2.65. The van der Waals surface area contributed by atoms with Gasteiger partial charge in [0.2, 0.25) is 15.9 Å². The van der Waals surface area contributed by atoms with Gasteiger partial charge in [-0.25, -0.2) is 12.7 Å². The Morgan fingerprint density at radius 2 is 1.64 bits per heavy atom. The van der Waals surface area contributed by atoms with Gasteiger partial charge in [-0.3, -0.25) is 4.79 Å². The number of hydrogen-bond donors (Lipinski definition) is 1. The molecule has 28 heavy (non-hydrogen) atoms. The van der Waals surface area contributed by atoms with Gasteiger partial charge in [0.05, 0.1) is 10.9 Å². The van der Waals surface area contributed by atoms with Gasteiger partial charge in [0.15, 0.2) is 0 Å². The van der Waals surface area contributed by atoms with Crippen molar-refractivity contribution in [3.05, 3.63) is 64.7 Å². The number of rotatable bonds is 8. The molecule has 0 radical (unpaired) electrons. The summed E-state index contributed by atoms with van der Waals surface area (Å²) in [5, 5.41) is 3.02. The van der Waals surface area contributed by atoms with Gasteiger partial charge in [-0.15, -0.1) is 0 Å². The quantitative estimate of drug-likeness (QED) is 0.728. The van der Waals surface area contributed by atoms with E-state index in [0.717, 1.165) is 11.1 Å². The Hall–Kier alpha value is -2.18. The van der Waals surface area contributed by atoms with E-state index >= 15 is 0 Å². The summed E-state index contributed by atoms with van der Waals surface area (Å²) in [6, 6.07) is 12.5. The first-order chi connectivity index (χ1) is 13.1. The van der Waals surface area contributed by atoms with Crippen LogP contribution in [0.25, 0.3) is 0 Å². The zero-order valence-corrected chi connectivity index (χ0v) is 18.1. The van der Waals surface area contributed by atoms with Crippen LogP contribution in [0.5, 0.6) is 0 Å². The molecule has 2 aromatic rings. The van der Waals surface area contributed by atoms with Gasteiger partial charge in [0, 0.05) is 20.0 Å². The Labute approximate surface area is 168 Å². The van der Waals surface area contributed by atoms with E-state index in [1.54, 1.807) is 37.4 Å². The fourth-order valence-electron chi connectivity index (χ4n) is 3.20. The van der Waals surface area contributed by atoms with Gasteiger partial charge >= 0.3 is 0 Å². The number of carbonyl (C=O) groups is 1. The van der Waals surface area contributed by atoms with Crippen molar-refractivity contribution in [1.29, 1.82) is 0 Å². The van der Waals surface area contributed by atoms with Crippen LogP contribution in [0.2, 0.25) is 0 Å². The van der Waals surface area contributed by atoms with Gasteiger partial charge in [-0.05, 0) is 68.5 Å². The van der Waals surface area contributed by atoms with Gasteiger partial charge < -0.3 is 5.32 Å². The van der Waals surface area contributed by atoms with E-state index in [1.807, 2.05) is 13.8 Å². The molecule has 0 bridgehead atoms. The van der Waals surface area contributed by atoms with E-state index in [2.05, 4.69) is 31.3 Å². The van der Waals surface area contributed by atoms with Gasteiger partial charge in [-0.2, -0.15) is 0 Å². The van der Waals surface area contributed by atoms with Crippen molar-refractivity contribution < 1.29 is 13.2 Å². The predicted octanol–water partition coefficient (Wildman–Crippen LogP) is 3.89. The van der Waals surface area contributed by atoms with Crippen LogP contribution in [0.3, 0.4) is 0 Å². The standard InChI is InChI=1S/C22H30N2O3S/c1-16-14-18(3)21(15-17(16)2)19(4)23-22(25)12-9-13-24(5)28(26,27)20-10-7-6-8-11-20/h6-8,10-11,14-15,19H,9,12-13H2,1-5H3,(H,23,25)/t19-/m0/s1. The molecule has 1 atom stereocenters. The molecular weight excluding hydrogens is 372 g/mol. The molecule has 0 heterocycles. The Morgan fingerprint density at radius 3 is 2.29 bits per heavy atom. The van der Waals surface area contributed by atoms with Crippen LogP contribution in [0.15, 0.2) is 47.4 Å². The summed E-state index contributed by atoms with van der Waals surface area (Å²) in [4.78, 5) is 12.6. The first-order valence-electron chi connectivity index (χ1n) is 9.51. The normalized spacial score (nSPS) is 12.8. The molecule has 0 fully saturated rings. The third kappa shape index (κ3) is 5.42. The second-order valence-electron chi connectivity index (χ2n) is 7.33. The smallest absolute Gasteiger partial charge is 0.242 e. The Morgan fingerprint density at radius 1 is 1.04 bits per heavy atom. The third-order valence-corrected chi connectivity index (χ3v) is 6.93. The van der Waals surface area contributed by atoms with Crippen LogP contribution in [0.4, 0.5) is 0 Å². The minimum absolute atomic E-state index is 0.0735. The van der Waals surface area contributed by atoms with Crippen molar-refractivity contribution in [2.45, 2.75) is 51.5 Å². The van der Waals surface area contributed by atoms with E-state index in [1.165, 1.54) is 15.4 Å². The van der Waals surface area contributed by atoms with E-state index in [-0.39, 0.29) is 23.3 Å². The fraction of sp³-hybridized carbons (Fsp3) is 0.409. The van der Waals surface area contributed by atoms with Crippen molar-refractivity contribution in [2.24, 2.45) is 0 Å². The van der Waals surface area contributed by atoms with Crippen molar-refractivity contribution in [2.75, 3.05) is 13.6 Å². The summed E-state index contributed by atoms with van der Waals surface area (Å²) in [6.07, 6.45) is 0.746. The molecule has 0 aliphatic heterocycles. The average molecular weight is 403 g/mol. The lowest BCUT2D eigenvalue weighted by molar-refractivity contribution is -0.121. The Kier molecular flexibility index (Phi) is 7.38. The SMILES string of the molecule is Cc1cc(C)c([C@H](C)NC(=O)CCCN(C)S(=O)(=O)c2ccccc2)cc1C. The van der Waals surface area contributed by atoms with E-state index in [4.69, 9.17) is 0 Å². The number of nitrogens with zero attached hydrogens (tertiary/aromatic N) is 1. The van der Waals surface area contributed by atoms with Crippen LogP contribution >= 0.6 is 0 Å². The van der Waals surface area contributed by atoms with E-state index in [0.29, 0.717) is 13.0 Å². The molecule has 0 saturated carbocycles. The highest BCUT2D eigenvalue weighted by atomic mass is 32.2. The lowest BCUT2D eigenvalue weighted by atomic mass is 9.96. The number of sulfonamides is 1. The summed E-state index contributed by atoms with van der Waals surface area (Å²) in [7, 11) is -1.97. The third-order valence-electron chi connectivity index (χ3n) is 5.05. The molecule has 0 spiro atoms. The summed E-state index contributed by atoms with van der Waals surface area (Å²) < 4.78 is 26.3. The molecule has 0 aliphatic rings. The zero-order chi connectivity index (χ0) is 20.9. The molecule has 0 aromatic heterocycles. The predicted molar refractivity (Wildman–Crippen MR) is 113 cm³/mol. The maximum atomic E-state index is 12.5. The molecule has 2 rings (SSSR count). The minimum Gasteiger partial charge on any atom is -0.350 e. The maximum absolute atomic E-state index is 12.5. The van der Waals surface area contributed by atoms with Crippen LogP contribution < -0.4 is 5.32 Å². The molecular formula is C22H30N2O3S. The fourth-order valence-corrected chi connectivity index (χ4v) is 4.43. The first-order valence-corrected chi connectivity index (χ1v) is 11.0. The number of hydrogen-bond acceptors (Lipinski definition) is 3. The second-order valence-corrected chi connectivity index (χ2v) is 9.37. The second kappa shape index (κ2) is 9.34. The van der Waals surface area contributed by atoms with Crippen LogP contribution in [-0.4, -0.2) is 32.2 Å². The lowest BCUT2D eigenvalue weighted by Gasteiger charge is -2.19. The largest absolute Gasteiger partial charge is 0.350 e. The van der Waals surface area contributed by atoms with E-state index in [9.17, 15) is 13.2 Å². The number of aryl methyl sites for hydroxylation is 3. The summed E-state index contributed by atoms with van der Waals surface area (Å²) in [5.74, 6) is -0.0735. The maximum Gasteiger partial charge on any atom is 0.242 e. The number of carbonyl (C=O) groups excluding carboxylic acids is 1. The molecule has 152 valence electrons. The summed E-state index contributed by atoms with van der Waals surface area (Å²) >= 11 is 0. The van der Waals surface area contributed by atoms with Gasteiger partial charge in [0.1, 0.15) is 0 Å². The molecule has 1 N–H and O–H groups in total. The Bertz CT molecular complexity index is 924. The summed E-state index contributed by atoms with van der Waals surface area (Å²) in [6.45, 7) is 8.46. The molecule has 6 heteroatoms. The van der Waals surface area contributed by atoms with Crippen molar-refractivity contribution in [3.8, 4) is 0 Å². The van der Waals surface area contributed by atoms with Gasteiger partial charge in [0.25, 0.3) is 0 Å². The topological polar surface area (TPSA) is 66.5 Å². The van der Waals surface area contributed by atoms with Crippen molar-refractivity contribution in [1.82, 2.24) is 9.62 Å². The minimum atomic E-state index is -3.52. The van der Waals surface area contributed by atoms with Crippen molar-refractivity contribution in [3.63, 3.8) is 0 Å². The first kappa shape index (κ1) is 22.1. The van der Waals surface area contributed by atoms with Crippen LogP contribution in [0.1, 0.15) is 48.1 Å². The highest BCUT2D eigenvalue weighted by molar-refractivity contribution is 7.89. The van der Waals surface area contributed by atoms with Crippen molar-refractivity contribution >= 4 is 15.9 Å². The molecule has 2 aromatic carbocycles. The number of benzene rings is 2. The Balaban J connectivity index is 1.88. The zero-order valence-electron chi connectivity index (χ0n) is 17.3. The molecule has 0 saturated heterocycles. The van der Waals surface area contributed by atoms with Gasteiger partial charge in [-0.1, -0.05) is 30.3 Å². The van der Waals surface area contributed by atoms with E-state index < -0.39 is 10.0 Å². The lowest BCUT2D eigenvalue weighted by Crippen LogP contribution is -2.30. The molecule has 0 unspecified atom stereocenters. The molecule has 5 nitrogen and oxygen atoms in total. The molecule has 1 amide bonds.